The molecule has 156 valence electrons. The summed E-state index contributed by atoms with van der Waals surface area (Å²) < 4.78 is 22.2. The number of nitrogens with one attached hydrogen (secondary N) is 1. The lowest BCUT2D eigenvalue weighted by atomic mass is 10.1. The number of carbonyl (C=O) groups excluding carboxylic acids is 1. The van der Waals surface area contributed by atoms with Gasteiger partial charge in [0.25, 0.3) is 0 Å². The Hall–Kier alpha value is -3.48. The molecule has 4 rings (SSSR count). The molecule has 1 N–H and O–H groups in total. The van der Waals surface area contributed by atoms with Gasteiger partial charge in [0.05, 0.1) is 30.9 Å². The number of rotatable bonds is 6. The van der Waals surface area contributed by atoms with Gasteiger partial charge in [0.15, 0.2) is 11.5 Å². The lowest BCUT2D eigenvalue weighted by Crippen LogP contribution is -2.14. The normalized spacial score (nSPS) is 12.9. The van der Waals surface area contributed by atoms with Crippen molar-refractivity contribution in [1.82, 2.24) is 5.16 Å². The van der Waals surface area contributed by atoms with Gasteiger partial charge in [-0.3, -0.25) is 4.79 Å². The number of benzene rings is 2. The number of hydrogen-bond acceptors (Lipinski definition) is 6. The quantitative estimate of drug-likeness (QED) is 0.658. The number of aromatic nitrogens is 1. The van der Waals surface area contributed by atoms with E-state index in [0.717, 1.165) is 34.8 Å². The number of fused-ring (bicyclic) bond motifs is 1. The first-order valence-corrected chi connectivity index (χ1v) is 9.91. The van der Waals surface area contributed by atoms with Crippen LogP contribution in [0, 0.1) is 13.8 Å². The zero-order chi connectivity index (χ0) is 20.9. The molecule has 0 saturated carbocycles. The van der Waals surface area contributed by atoms with E-state index in [1.807, 2.05) is 50.2 Å². The zero-order valence-electron chi connectivity index (χ0n) is 17.1. The minimum Gasteiger partial charge on any atom is -0.490 e. The summed E-state index contributed by atoms with van der Waals surface area (Å²) in [6, 6.07) is 12.9. The minimum atomic E-state index is -0.103. The fourth-order valence-corrected chi connectivity index (χ4v) is 3.20. The standard InChI is InChI=1S/C23H24N2O5/c1-15-20(16(2)30-25-15)14-29-19-7-4-17(5-8-19)12-23(26)24-18-6-9-21-22(13-18)28-11-3-10-27-21/h4-9,13H,3,10-12,14H2,1-2H3,(H,24,26). The predicted molar refractivity (Wildman–Crippen MR) is 111 cm³/mol. The van der Waals surface area contributed by atoms with Crippen molar-refractivity contribution in [3.05, 3.63) is 65.0 Å². The molecule has 3 aromatic rings. The maximum atomic E-state index is 12.4. The molecule has 1 aliphatic heterocycles. The Kier molecular flexibility index (Phi) is 5.88. The van der Waals surface area contributed by atoms with Crippen LogP contribution in [-0.4, -0.2) is 24.3 Å². The molecule has 1 aliphatic rings. The van der Waals surface area contributed by atoms with Crippen molar-refractivity contribution in [3.8, 4) is 17.2 Å². The van der Waals surface area contributed by atoms with E-state index in [4.69, 9.17) is 18.7 Å². The minimum absolute atomic E-state index is 0.103. The van der Waals surface area contributed by atoms with E-state index < -0.39 is 0 Å². The van der Waals surface area contributed by atoms with Crippen LogP contribution in [0.3, 0.4) is 0 Å². The first-order chi connectivity index (χ1) is 14.6. The molecule has 30 heavy (non-hydrogen) atoms. The number of hydrogen-bond donors (Lipinski definition) is 1. The molecule has 0 saturated heterocycles. The van der Waals surface area contributed by atoms with Crippen LogP contribution in [0.5, 0.6) is 17.2 Å². The van der Waals surface area contributed by atoms with E-state index in [1.54, 1.807) is 6.07 Å². The Labute approximate surface area is 174 Å². The molecule has 7 heteroatoms. The van der Waals surface area contributed by atoms with Gasteiger partial charge in [-0.15, -0.1) is 0 Å². The summed E-state index contributed by atoms with van der Waals surface area (Å²) in [6.07, 6.45) is 1.10. The summed E-state index contributed by atoms with van der Waals surface area (Å²) in [4.78, 5) is 12.4. The SMILES string of the molecule is Cc1noc(C)c1COc1ccc(CC(=O)Nc2ccc3c(c2)OCCCO3)cc1. The highest BCUT2D eigenvalue weighted by Gasteiger charge is 2.13. The predicted octanol–water partition coefficient (Wildman–Crippen LogP) is 4.21. The second-order valence-electron chi connectivity index (χ2n) is 7.17. The van der Waals surface area contributed by atoms with Crippen LogP contribution in [0.25, 0.3) is 0 Å². The summed E-state index contributed by atoms with van der Waals surface area (Å²) in [5.41, 5.74) is 3.36. The van der Waals surface area contributed by atoms with E-state index in [9.17, 15) is 4.79 Å². The zero-order valence-corrected chi connectivity index (χ0v) is 17.1. The van der Waals surface area contributed by atoms with Crippen LogP contribution < -0.4 is 19.5 Å². The van der Waals surface area contributed by atoms with Gasteiger partial charge in [-0.2, -0.15) is 0 Å². The van der Waals surface area contributed by atoms with Crippen molar-refractivity contribution in [2.75, 3.05) is 18.5 Å². The van der Waals surface area contributed by atoms with E-state index >= 15 is 0 Å². The van der Waals surface area contributed by atoms with E-state index in [0.29, 0.717) is 37.0 Å². The average molecular weight is 408 g/mol. The van der Waals surface area contributed by atoms with Crippen LogP contribution in [0.1, 0.15) is 29.0 Å². The van der Waals surface area contributed by atoms with Gasteiger partial charge in [-0.25, -0.2) is 0 Å². The topological polar surface area (TPSA) is 82.8 Å². The second-order valence-corrected chi connectivity index (χ2v) is 7.17. The van der Waals surface area contributed by atoms with Crippen molar-refractivity contribution in [3.63, 3.8) is 0 Å². The highest BCUT2D eigenvalue weighted by atomic mass is 16.5. The molecule has 7 nitrogen and oxygen atoms in total. The third-order valence-corrected chi connectivity index (χ3v) is 4.88. The van der Waals surface area contributed by atoms with Crippen molar-refractivity contribution in [2.24, 2.45) is 0 Å². The highest BCUT2D eigenvalue weighted by Crippen LogP contribution is 2.32. The summed E-state index contributed by atoms with van der Waals surface area (Å²) in [6.45, 7) is 5.39. The molecule has 0 spiro atoms. The first-order valence-electron chi connectivity index (χ1n) is 9.91. The third kappa shape index (κ3) is 4.74. The number of carbonyl (C=O) groups is 1. The van der Waals surface area contributed by atoms with Gasteiger partial charge in [0, 0.05) is 18.2 Å². The van der Waals surface area contributed by atoms with Crippen LogP contribution in [0.2, 0.25) is 0 Å². The van der Waals surface area contributed by atoms with Crippen molar-refractivity contribution < 1.29 is 23.5 Å². The first kappa shape index (κ1) is 19.8. The Morgan fingerprint density at radius 3 is 2.57 bits per heavy atom. The van der Waals surface area contributed by atoms with Gasteiger partial charge >= 0.3 is 0 Å². The molecule has 2 heterocycles. The van der Waals surface area contributed by atoms with Gasteiger partial charge in [-0.1, -0.05) is 17.3 Å². The summed E-state index contributed by atoms with van der Waals surface area (Å²) >= 11 is 0. The summed E-state index contributed by atoms with van der Waals surface area (Å²) in [5, 5.41) is 6.83. The lowest BCUT2D eigenvalue weighted by molar-refractivity contribution is -0.115. The second kappa shape index (κ2) is 8.90. The van der Waals surface area contributed by atoms with Crippen molar-refractivity contribution >= 4 is 11.6 Å². The van der Waals surface area contributed by atoms with E-state index in [-0.39, 0.29) is 12.3 Å². The molecule has 0 fully saturated rings. The monoisotopic (exact) mass is 408 g/mol. The largest absolute Gasteiger partial charge is 0.490 e. The Morgan fingerprint density at radius 2 is 1.83 bits per heavy atom. The molecule has 0 atom stereocenters. The summed E-state index contributed by atoms with van der Waals surface area (Å²) in [5.74, 6) is 2.74. The van der Waals surface area contributed by atoms with Crippen LogP contribution in [-0.2, 0) is 17.8 Å². The molecule has 1 amide bonds. The fraction of sp³-hybridized carbons (Fsp3) is 0.304. The number of aryl methyl sites for hydroxylation is 2. The van der Waals surface area contributed by atoms with Crippen LogP contribution in [0.4, 0.5) is 5.69 Å². The smallest absolute Gasteiger partial charge is 0.228 e. The number of anilines is 1. The number of amides is 1. The lowest BCUT2D eigenvalue weighted by Gasteiger charge is -2.11. The summed E-state index contributed by atoms with van der Waals surface area (Å²) in [7, 11) is 0. The van der Waals surface area contributed by atoms with Gasteiger partial charge < -0.3 is 24.1 Å². The molecule has 0 unspecified atom stereocenters. The van der Waals surface area contributed by atoms with E-state index in [1.165, 1.54) is 0 Å². The van der Waals surface area contributed by atoms with E-state index in [2.05, 4.69) is 10.5 Å². The maximum Gasteiger partial charge on any atom is 0.228 e. The number of nitrogens with zero attached hydrogens (tertiary/aromatic N) is 1. The molecule has 1 aromatic heterocycles. The Bertz CT molecular complexity index is 1010. The molecular weight excluding hydrogens is 384 g/mol. The number of ether oxygens (including phenoxy) is 3. The van der Waals surface area contributed by atoms with Gasteiger partial charge in [0.2, 0.25) is 5.91 Å². The van der Waals surface area contributed by atoms with Gasteiger partial charge in [-0.05, 0) is 43.7 Å². The Morgan fingerprint density at radius 1 is 1.07 bits per heavy atom. The molecule has 0 aliphatic carbocycles. The highest BCUT2D eigenvalue weighted by molar-refractivity contribution is 5.92. The third-order valence-electron chi connectivity index (χ3n) is 4.88. The molecule has 0 radical (unpaired) electrons. The fourth-order valence-electron chi connectivity index (χ4n) is 3.20. The molecule has 2 aromatic carbocycles. The van der Waals surface area contributed by atoms with Crippen molar-refractivity contribution in [2.45, 2.75) is 33.3 Å². The maximum absolute atomic E-state index is 12.4. The molecular formula is C23H24N2O5. The van der Waals surface area contributed by atoms with Crippen molar-refractivity contribution in [1.29, 1.82) is 0 Å². The van der Waals surface area contributed by atoms with Gasteiger partial charge in [0.1, 0.15) is 18.1 Å². The van der Waals surface area contributed by atoms with Crippen LogP contribution in [0.15, 0.2) is 47.0 Å². The average Bonchev–Trinajstić information content (AvgIpc) is 2.92. The molecule has 0 bridgehead atoms. The van der Waals surface area contributed by atoms with Crippen LogP contribution >= 0.6 is 0 Å². The Balaban J connectivity index is 1.32.